The molecule has 0 fully saturated rings. The van der Waals surface area contributed by atoms with Crippen LogP contribution in [0.3, 0.4) is 0 Å². The minimum atomic E-state index is -0.0490. The van der Waals surface area contributed by atoms with Crippen LogP contribution in [0.1, 0.15) is 54.2 Å². The molecule has 0 aliphatic rings. The average molecular weight is 849 g/mol. The largest absolute Gasteiger partial charge is 0.499 e. The first-order valence-electron chi connectivity index (χ1n) is 16.7. The minimum Gasteiger partial charge on any atom is -0.499 e. The Morgan fingerprint density at radius 2 is 1.44 bits per heavy atom. The van der Waals surface area contributed by atoms with E-state index in [1.165, 1.54) is 54.6 Å². The second kappa shape index (κ2) is 14.1. The predicted molar refractivity (Wildman–Crippen MR) is 207 cm³/mol. The summed E-state index contributed by atoms with van der Waals surface area (Å²) in [5, 5.41) is 5.59. The van der Waals surface area contributed by atoms with Gasteiger partial charge in [-0.15, -0.1) is 64.9 Å². The molecule has 8 aromatic rings. The molecule has 1 radical (unpaired) electrons. The zero-order valence-electron chi connectivity index (χ0n) is 29.8. The smallest absolute Gasteiger partial charge is 0.138 e. The number of rotatable bonds is 3. The van der Waals surface area contributed by atoms with Gasteiger partial charge in [0.1, 0.15) is 5.58 Å². The summed E-state index contributed by atoms with van der Waals surface area (Å²) in [5.74, 6) is 0. The Balaban J connectivity index is 0.000000227. The fraction of sp³-hybridized carbons (Fsp3) is 0.200. The number of aromatic nitrogens is 2. The number of fused-ring (bicyclic) bond motifs is 5. The second-order valence-corrected chi connectivity index (χ2v) is 15.0. The molecule has 0 spiro atoms. The van der Waals surface area contributed by atoms with Crippen LogP contribution >= 0.6 is 11.3 Å². The van der Waals surface area contributed by atoms with Crippen LogP contribution in [0.25, 0.3) is 65.7 Å². The van der Waals surface area contributed by atoms with Gasteiger partial charge in [-0.3, -0.25) is 0 Å². The third kappa shape index (κ3) is 6.71. The molecule has 0 bridgehead atoms. The molecule has 5 heteroatoms. The number of hydrogen-bond donors (Lipinski definition) is 0. The first-order valence-corrected chi connectivity index (χ1v) is 17.6. The van der Waals surface area contributed by atoms with E-state index in [-0.39, 0.29) is 25.5 Å². The summed E-state index contributed by atoms with van der Waals surface area (Å²) < 4.78 is 7.72. The summed E-state index contributed by atoms with van der Waals surface area (Å²) in [7, 11) is 0. The minimum absolute atomic E-state index is 0. The maximum Gasteiger partial charge on any atom is 0.138 e. The van der Waals surface area contributed by atoms with E-state index in [9.17, 15) is 0 Å². The third-order valence-corrected chi connectivity index (χ3v) is 10.3. The van der Waals surface area contributed by atoms with E-state index in [2.05, 4.69) is 145 Å². The topological polar surface area (TPSA) is 38.9 Å². The molecular formula is C45H40IrN2OS-2. The zero-order valence-corrected chi connectivity index (χ0v) is 33.0. The number of aryl methyl sites for hydroxylation is 5. The standard InChI is InChI=1S/C31H26NOS.C14H14N.Ir/c1-18-8-6-9-19(2)27(18)24-17-32-26(16-25(24)31(3,4)5)23-11-7-10-21-22-13-12-20-14-15-34-30(20)29(22)33-28(21)23;1-10-4-6-13(7-5-10)14-8-11(2)12(3)9-15-14;/h6-10,12-17H,1-5H3;4-6,8-9H,1-3H3;/q2*-1;. The van der Waals surface area contributed by atoms with Crippen LogP contribution in [-0.4, -0.2) is 9.97 Å². The molecule has 50 heavy (non-hydrogen) atoms. The van der Waals surface area contributed by atoms with E-state index in [0.29, 0.717) is 0 Å². The van der Waals surface area contributed by atoms with Gasteiger partial charge in [-0.2, -0.15) is 0 Å². The summed E-state index contributed by atoms with van der Waals surface area (Å²) >= 11 is 1.72. The van der Waals surface area contributed by atoms with Crippen molar-refractivity contribution in [2.45, 2.75) is 60.8 Å². The summed E-state index contributed by atoms with van der Waals surface area (Å²) in [6, 6.07) is 34.2. The Kier molecular flexibility index (Phi) is 9.97. The van der Waals surface area contributed by atoms with Crippen molar-refractivity contribution in [3.05, 3.63) is 142 Å². The Morgan fingerprint density at radius 1 is 0.700 bits per heavy atom. The first kappa shape index (κ1) is 35.4. The number of hydrogen-bond acceptors (Lipinski definition) is 4. The molecule has 253 valence electrons. The first-order chi connectivity index (χ1) is 23.5. The number of thiophene rings is 1. The van der Waals surface area contributed by atoms with Crippen LogP contribution in [0, 0.1) is 46.8 Å². The average Bonchev–Trinajstić information content (AvgIpc) is 3.71. The van der Waals surface area contributed by atoms with Gasteiger partial charge in [0.25, 0.3) is 0 Å². The van der Waals surface area contributed by atoms with Gasteiger partial charge in [0.05, 0.1) is 10.3 Å². The van der Waals surface area contributed by atoms with Gasteiger partial charge < -0.3 is 14.4 Å². The molecule has 0 unspecified atom stereocenters. The SMILES string of the molecule is Cc1c[c-]c(-c2cc(C)c(C)cn2)cc1.Cc1cccc(C)c1-c1cnc(-c2[c-]ccc3c2oc2c3ccc3ccsc32)cc1C(C)(C)C.[Ir]. The summed E-state index contributed by atoms with van der Waals surface area (Å²) in [6.07, 6.45) is 3.95. The molecule has 4 aromatic carbocycles. The fourth-order valence-corrected chi connectivity index (χ4v) is 7.38. The zero-order chi connectivity index (χ0) is 34.4. The molecule has 8 rings (SSSR count). The molecule has 0 saturated heterocycles. The van der Waals surface area contributed by atoms with Gasteiger partial charge in [0.2, 0.25) is 0 Å². The summed E-state index contributed by atoms with van der Waals surface area (Å²) in [5.41, 5.74) is 15.6. The molecule has 0 aliphatic heterocycles. The molecule has 4 heterocycles. The Bertz CT molecular complexity index is 2460. The van der Waals surface area contributed by atoms with Gasteiger partial charge in [0, 0.05) is 43.4 Å². The van der Waals surface area contributed by atoms with Crippen molar-refractivity contribution in [3.8, 4) is 33.6 Å². The second-order valence-electron chi connectivity index (χ2n) is 14.0. The Hall–Kier alpha value is -4.41. The molecule has 0 N–H and O–H groups in total. The van der Waals surface area contributed by atoms with E-state index < -0.39 is 0 Å². The molecule has 4 aromatic heterocycles. The van der Waals surface area contributed by atoms with E-state index in [1.807, 2.05) is 24.5 Å². The number of pyridine rings is 2. The fourth-order valence-electron chi connectivity index (χ4n) is 6.50. The van der Waals surface area contributed by atoms with E-state index in [1.54, 1.807) is 11.3 Å². The summed E-state index contributed by atoms with van der Waals surface area (Å²) in [4.78, 5) is 9.37. The molecular weight excluding hydrogens is 809 g/mol. The molecule has 0 atom stereocenters. The Labute approximate surface area is 312 Å². The maximum atomic E-state index is 6.53. The van der Waals surface area contributed by atoms with Crippen molar-refractivity contribution in [2.75, 3.05) is 0 Å². The van der Waals surface area contributed by atoms with E-state index in [4.69, 9.17) is 9.40 Å². The van der Waals surface area contributed by atoms with E-state index >= 15 is 0 Å². The number of nitrogens with zero attached hydrogens (tertiary/aromatic N) is 2. The number of benzene rings is 4. The summed E-state index contributed by atoms with van der Waals surface area (Å²) in [6.45, 7) is 17.4. The van der Waals surface area contributed by atoms with Crippen molar-refractivity contribution in [2.24, 2.45) is 0 Å². The normalized spacial score (nSPS) is 11.4. The van der Waals surface area contributed by atoms with Crippen molar-refractivity contribution in [1.82, 2.24) is 9.97 Å². The third-order valence-electron chi connectivity index (χ3n) is 9.36. The van der Waals surface area contributed by atoms with Crippen LogP contribution in [0.5, 0.6) is 0 Å². The van der Waals surface area contributed by atoms with Gasteiger partial charge in [-0.05, 0) is 89.1 Å². The van der Waals surface area contributed by atoms with Crippen LogP contribution in [0.4, 0.5) is 0 Å². The van der Waals surface area contributed by atoms with Gasteiger partial charge in [0.15, 0.2) is 0 Å². The van der Waals surface area contributed by atoms with Crippen LogP contribution in [0.2, 0.25) is 0 Å². The van der Waals surface area contributed by atoms with Gasteiger partial charge >= 0.3 is 0 Å². The molecule has 3 nitrogen and oxygen atoms in total. The van der Waals surface area contributed by atoms with Crippen molar-refractivity contribution >= 4 is 43.4 Å². The van der Waals surface area contributed by atoms with Crippen LogP contribution in [0.15, 0.2) is 101 Å². The quantitative estimate of drug-likeness (QED) is 0.166. The van der Waals surface area contributed by atoms with E-state index in [0.717, 1.165) is 44.5 Å². The molecule has 0 aliphatic carbocycles. The predicted octanol–water partition coefficient (Wildman–Crippen LogP) is 12.7. The molecule has 0 saturated carbocycles. The molecule has 0 amide bonds. The van der Waals surface area contributed by atoms with Crippen LogP contribution in [-0.2, 0) is 25.5 Å². The maximum absolute atomic E-state index is 6.53. The van der Waals surface area contributed by atoms with Crippen molar-refractivity contribution in [1.29, 1.82) is 0 Å². The van der Waals surface area contributed by atoms with Crippen LogP contribution < -0.4 is 0 Å². The van der Waals surface area contributed by atoms with Gasteiger partial charge in [-0.1, -0.05) is 86.7 Å². The monoisotopic (exact) mass is 849 g/mol. The van der Waals surface area contributed by atoms with Crippen molar-refractivity contribution < 1.29 is 24.5 Å². The number of furan rings is 1. The van der Waals surface area contributed by atoms with Crippen molar-refractivity contribution in [3.63, 3.8) is 0 Å². The Morgan fingerprint density at radius 3 is 2.14 bits per heavy atom. The van der Waals surface area contributed by atoms with Gasteiger partial charge in [-0.25, -0.2) is 0 Å².